The molecule has 0 saturated carbocycles. The zero-order valence-corrected chi connectivity index (χ0v) is 13.0. The second-order valence-corrected chi connectivity index (χ2v) is 5.64. The summed E-state index contributed by atoms with van der Waals surface area (Å²) in [5.41, 5.74) is 0.976. The Bertz CT molecular complexity index is 674. The van der Waals surface area contributed by atoms with Gasteiger partial charge in [-0.15, -0.1) is 0 Å². The van der Waals surface area contributed by atoms with E-state index in [4.69, 9.17) is 5.11 Å². The van der Waals surface area contributed by atoms with Gasteiger partial charge in [-0.1, -0.05) is 42.5 Å². The van der Waals surface area contributed by atoms with Crippen molar-refractivity contribution in [1.29, 1.82) is 0 Å². The molecule has 1 N–H and O–H groups in total. The van der Waals surface area contributed by atoms with Gasteiger partial charge in [0.25, 0.3) is 0 Å². The van der Waals surface area contributed by atoms with Gasteiger partial charge in [0.05, 0.1) is 12.8 Å². The van der Waals surface area contributed by atoms with Crippen LogP contribution in [0.3, 0.4) is 0 Å². The third-order valence-electron chi connectivity index (χ3n) is 3.73. The fourth-order valence-corrected chi connectivity index (χ4v) is 2.60. The number of benzene rings is 2. The van der Waals surface area contributed by atoms with Gasteiger partial charge < -0.3 is 10.0 Å². The minimum absolute atomic E-state index is 0.0122. The third-order valence-corrected chi connectivity index (χ3v) is 3.73. The molecule has 0 unspecified atom stereocenters. The highest BCUT2D eigenvalue weighted by molar-refractivity contribution is 5.90. The lowest BCUT2D eigenvalue weighted by Gasteiger charge is -2.26. The van der Waals surface area contributed by atoms with Crippen molar-refractivity contribution in [2.75, 3.05) is 6.54 Å². The van der Waals surface area contributed by atoms with Crippen molar-refractivity contribution in [3.8, 4) is 0 Å². The molecule has 0 saturated heterocycles. The topological polar surface area (TPSA) is 57.6 Å². The minimum Gasteiger partial charge on any atom is -0.481 e. The summed E-state index contributed by atoms with van der Waals surface area (Å²) in [5.74, 6) is -0.920. The smallest absolute Gasteiger partial charge is 0.305 e. The zero-order valence-electron chi connectivity index (χ0n) is 13.0. The van der Waals surface area contributed by atoms with Crippen LogP contribution in [0.25, 0.3) is 10.8 Å². The van der Waals surface area contributed by atoms with Crippen LogP contribution in [-0.4, -0.2) is 34.5 Å². The minimum atomic E-state index is -0.886. The Morgan fingerprint density at radius 1 is 1.09 bits per heavy atom. The van der Waals surface area contributed by atoms with Crippen molar-refractivity contribution >= 4 is 22.6 Å². The lowest BCUT2D eigenvalue weighted by molar-refractivity contribution is -0.138. The molecule has 0 radical (unpaired) electrons. The monoisotopic (exact) mass is 299 g/mol. The highest BCUT2D eigenvalue weighted by Crippen LogP contribution is 2.20. The SMILES string of the molecule is CC(C)N(CCC(=O)O)C(=O)Cc1cccc2ccccc12. The maximum absolute atomic E-state index is 12.5. The lowest BCUT2D eigenvalue weighted by atomic mass is 10.0. The summed E-state index contributed by atoms with van der Waals surface area (Å²) in [6.07, 6.45) is 0.263. The summed E-state index contributed by atoms with van der Waals surface area (Å²) >= 11 is 0. The molecule has 0 bridgehead atoms. The normalized spacial score (nSPS) is 10.9. The average molecular weight is 299 g/mol. The van der Waals surface area contributed by atoms with Crippen molar-refractivity contribution in [2.45, 2.75) is 32.7 Å². The molecule has 0 fully saturated rings. The van der Waals surface area contributed by atoms with Crippen molar-refractivity contribution in [3.05, 3.63) is 48.0 Å². The molecular weight excluding hydrogens is 278 g/mol. The number of carboxylic acids is 1. The zero-order chi connectivity index (χ0) is 16.1. The van der Waals surface area contributed by atoms with Crippen LogP contribution >= 0.6 is 0 Å². The first-order valence-electron chi connectivity index (χ1n) is 7.47. The molecule has 4 nitrogen and oxygen atoms in total. The first-order chi connectivity index (χ1) is 10.5. The second kappa shape index (κ2) is 7.07. The van der Waals surface area contributed by atoms with Crippen LogP contribution in [0.4, 0.5) is 0 Å². The van der Waals surface area contributed by atoms with Crippen LogP contribution in [0.15, 0.2) is 42.5 Å². The van der Waals surface area contributed by atoms with Crippen LogP contribution < -0.4 is 0 Å². The van der Waals surface area contributed by atoms with E-state index in [1.165, 1.54) is 0 Å². The number of nitrogens with zero attached hydrogens (tertiary/aromatic N) is 1. The van der Waals surface area contributed by atoms with Gasteiger partial charge in [-0.25, -0.2) is 0 Å². The number of carbonyl (C=O) groups excluding carboxylic acids is 1. The number of fused-ring (bicyclic) bond motifs is 1. The van der Waals surface area contributed by atoms with E-state index in [2.05, 4.69) is 0 Å². The molecule has 2 aromatic rings. The molecule has 0 heterocycles. The first kappa shape index (κ1) is 16.0. The number of aliphatic carboxylic acids is 1. The van der Waals surface area contributed by atoms with E-state index in [0.717, 1.165) is 16.3 Å². The number of carboxylic acid groups (broad SMARTS) is 1. The van der Waals surface area contributed by atoms with Crippen LogP contribution in [0, 0.1) is 0 Å². The van der Waals surface area contributed by atoms with Gasteiger partial charge in [0.1, 0.15) is 0 Å². The van der Waals surface area contributed by atoms with E-state index in [1.54, 1.807) is 4.90 Å². The highest BCUT2D eigenvalue weighted by Gasteiger charge is 2.18. The summed E-state index contributed by atoms with van der Waals surface area (Å²) < 4.78 is 0. The predicted molar refractivity (Wildman–Crippen MR) is 86.8 cm³/mol. The summed E-state index contributed by atoms with van der Waals surface area (Å²) in [4.78, 5) is 24.9. The van der Waals surface area contributed by atoms with E-state index in [1.807, 2.05) is 56.3 Å². The fourth-order valence-electron chi connectivity index (χ4n) is 2.60. The first-order valence-corrected chi connectivity index (χ1v) is 7.47. The Balaban J connectivity index is 2.19. The molecule has 2 rings (SSSR count). The predicted octanol–water partition coefficient (Wildman–Crippen LogP) is 3.09. The van der Waals surface area contributed by atoms with E-state index in [9.17, 15) is 9.59 Å². The molecule has 0 aliphatic carbocycles. The summed E-state index contributed by atoms with van der Waals surface area (Å²) in [6, 6.07) is 13.9. The molecule has 116 valence electrons. The molecule has 4 heteroatoms. The van der Waals surface area contributed by atoms with E-state index in [-0.39, 0.29) is 24.9 Å². The Labute approximate surface area is 130 Å². The average Bonchev–Trinajstić information content (AvgIpc) is 2.47. The largest absolute Gasteiger partial charge is 0.481 e. The van der Waals surface area contributed by atoms with Crippen LogP contribution in [0.2, 0.25) is 0 Å². The van der Waals surface area contributed by atoms with E-state index in [0.29, 0.717) is 6.42 Å². The molecule has 0 atom stereocenters. The number of carbonyl (C=O) groups is 2. The fraction of sp³-hybridized carbons (Fsp3) is 0.333. The van der Waals surface area contributed by atoms with Crippen LogP contribution in [-0.2, 0) is 16.0 Å². The van der Waals surface area contributed by atoms with Gasteiger partial charge in [-0.3, -0.25) is 9.59 Å². The summed E-state index contributed by atoms with van der Waals surface area (Å²) in [6.45, 7) is 4.06. The molecule has 22 heavy (non-hydrogen) atoms. The quantitative estimate of drug-likeness (QED) is 0.891. The van der Waals surface area contributed by atoms with Crippen molar-refractivity contribution in [2.24, 2.45) is 0 Å². The second-order valence-electron chi connectivity index (χ2n) is 5.64. The van der Waals surface area contributed by atoms with Crippen LogP contribution in [0.5, 0.6) is 0 Å². The Kier molecular flexibility index (Phi) is 5.15. The molecular formula is C18H21NO3. The molecule has 1 amide bonds. The van der Waals surface area contributed by atoms with Crippen molar-refractivity contribution in [3.63, 3.8) is 0 Å². The summed E-state index contributed by atoms with van der Waals surface area (Å²) in [5, 5.41) is 11.0. The molecule has 0 aromatic heterocycles. The Hall–Kier alpha value is -2.36. The number of hydrogen-bond donors (Lipinski definition) is 1. The van der Waals surface area contributed by atoms with Gasteiger partial charge >= 0.3 is 5.97 Å². The Morgan fingerprint density at radius 2 is 1.77 bits per heavy atom. The molecule has 0 spiro atoms. The third kappa shape index (κ3) is 3.85. The Morgan fingerprint density at radius 3 is 2.45 bits per heavy atom. The molecule has 0 aliphatic heterocycles. The van der Waals surface area contributed by atoms with Gasteiger partial charge in [-0.2, -0.15) is 0 Å². The van der Waals surface area contributed by atoms with E-state index < -0.39 is 5.97 Å². The number of amides is 1. The lowest BCUT2D eigenvalue weighted by Crippen LogP contribution is -2.39. The van der Waals surface area contributed by atoms with E-state index >= 15 is 0 Å². The molecule has 0 aliphatic rings. The maximum atomic E-state index is 12.5. The van der Waals surface area contributed by atoms with Crippen molar-refractivity contribution in [1.82, 2.24) is 4.90 Å². The van der Waals surface area contributed by atoms with Gasteiger partial charge in [-0.05, 0) is 30.2 Å². The van der Waals surface area contributed by atoms with Gasteiger partial charge in [0.15, 0.2) is 0 Å². The molecule has 2 aromatic carbocycles. The maximum Gasteiger partial charge on any atom is 0.305 e. The van der Waals surface area contributed by atoms with Crippen molar-refractivity contribution < 1.29 is 14.7 Å². The van der Waals surface area contributed by atoms with Gasteiger partial charge in [0.2, 0.25) is 5.91 Å². The number of hydrogen-bond acceptors (Lipinski definition) is 2. The van der Waals surface area contributed by atoms with Crippen LogP contribution in [0.1, 0.15) is 25.8 Å². The standard InChI is InChI=1S/C18H21NO3/c1-13(2)19(11-10-18(21)22)17(20)12-15-8-5-7-14-6-3-4-9-16(14)15/h3-9,13H,10-12H2,1-2H3,(H,21,22). The highest BCUT2D eigenvalue weighted by atomic mass is 16.4. The number of rotatable bonds is 6. The van der Waals surface area contributed by atoms with Gasteiger partial charge in [0, 0.05) is 12.6 Å². The summed E-state index contributed by atoms with van der Waals surface area (Å²) in [7, 11) is 0.